The first-order valence-corrected chi connectivity index (χ1v) is 6.79. The van der Waals surface area contributed by atoms with Gasteiger partial charge in [-0.25, -0.2) is 0 Å². The van der Waals surface area contributed by atoms with E-state index in [1.165, 1.54) is 0 Å². The second-order valence-electron chi connectivity index (χ2n) is 5.06. The monoisotopic (exact) mass is 282 g/mol. The van der Waals surface area contributed by atoms with Gasteiger partial charge < -0.3 is 10.1 Å². The summed E-state index contributed by atoms with van der Waals surface area (Å²) in [6.45, 7) is 7.67. The van der Waals surface area contributed by atoms with Crippen molar-refractivity contribution in [1.82, 2.24) is 10.2 Å². The van der Waals surface area contributed by atoms with Crippen LogP contribution in [0.5, 0.6) is 5.75 Å². The minimum atomic E-state index is 0.139. The first-order valence-electron chi connectivity index (χ1n) is 6.79. The highest BCUT2D eigenvalue weighted by Gasteiger charge is 2.11. The van der Waals surface area contributed by atoms with Crippen molar-refractivity contribution in [3.8, 4) is 11.8 Å². The van der Waals surface area contributed by atoms with E-state index in [0.717, 1.165) is 22.7 Å². The summed E-state index contributed by atoms with van der Waals surface area (Å²) in [6.07, 6.45) is 0.139. The number of hydrogen-bond acceptors (Lipinski definition) is 5. The largest absolute Gasteiger partial charge is 0.491 e. The molecule has 5 nitrogen and oxygen atoms in total. The van der Waals surface area contributed by atoms with Crippen molar-refractivity contribution >= 4 is 11.5 Å². The molecule has 0 fully saturated rings. The zero-order valence-electron chi connectivity index (χ0n) is 12.6. The zero-order valence-corrected chi connectivity index (χ0v) is 12.6. The summed E-state index contributed by atoms with van der Waals surface area (Å²) in [7, 11) is 0. The van der Waals surface area contributed by atoms with Gasteiger partial charge in [-0.2, -0.15) is 10.4 Å². The summed E-state index contributed by atoms with van der Waals surface area (Å²) < 4.78 is 5.59. The van der Waals surface area contributed by atoms with E-state index in [1.54, 1.807) is 0 Å². The van der Waals surface area contributed by atoms with Crippen LogP contribution in [0.2, 0.25) is 0 Å². The summed E-state index contributed by atoms with van der Waals surface area (Å²) in [5.74, 6) is 1.28. The highest BCUT2D eigenvalue weighted by Crippen LogP contribution is 2.23. The zero-order chi connectivity index (χ0) is 15.4. The van der Waals surface area contributed by atoms with Crippen LogP contribution < -0.4 is 10.1 Å². The number of aromatic nitrogens is 2. The minimum absolute atomic E-state index is 0.139. The van der Waals surface area contributed by atoms with Crippen molar-refractivity contribution in [2.24, 2.45) is 0 Å². The van der Waals surface area contributed by atoms with Crippen LogP contribution in [0.1, 0.15) is 30.7 Å². The first kappa shape index (κ1) is 14.8. The Bertz CT molecular complexity index is 672. The minimum Gasteiger partial charge on any atom is -0.491 e. The Morgan fingerprint density at radius 3 is 2.38 bits per heavy atom. The number of rotatable bonds is 4. The fourth-order valence-electron chi connectivity index (χ4n) is 1.86. The first-order chi connectivity index (χ1) is 10.0. The van der Waals surface area contributed by atoms with Crippen molar-refractivity contribution in [3.63, 3.8) is 0 Å². The van der Waals surface area contributed by atoms with Gasteiger partial charge in [0.25, 0.3) is 0 Å². The van der Waals surface area contributed by atoms with Gasteiger partial charge in [-0.05, 0) is 57.5 Å². The molecule has 0 radical (unpaired) electrons. The van der Waals surface area contributed by atoms with Gasteiger partial charge >= 0.3 is 0 Å². The molecule has 0 amide bonds. The molecule has 5 heteroatoms. The summed E-state index contributed by atoms with van der Waals surface area (Å²) in [6, 6.07) is 9.70. The Morgan fingerprint density at radius 2 is 1.81 bits per heavy atom. The van der Waals surface area contributed by atoms with E-state index < -0.39 is 0 Å². The number of ether oxygens (including phenoxy) is 1. The molecule has 2 rings (SSSR count). The smallest absolute Gasteiger partial charge is 0.171 e. The molecular formula is C16H18N4O. The molecule has 0 unspecified atom stereocenters. The number of hydrogen-bond donors (Lipinski definition) is 1. The number of aryl methyl sites for hydroxylation is 1. The van der Waals surface area contributed by atoms with Crippen LogP contribution in [0.15, 0.2) is 24.3 Å². The van der Waals surface area contributed by atoms with Crippen LogP contribution in [0.3, 0.4) is 0 Å². The molecule has 0 aliphatic carbocycles. The van der Waals surface area contributed by atoms with Crippen LogP contribution in [-0.4, -0.2) is 16.3 Å². The number of anilines is 2. The van der Waals surface area contributed by atoms with Crippen molar-refractivity contribution in [1.29, 1.82) is 5.26 Å². The normalized spacial score (nSPS) is 10.3. The van der Waals surface area contributed by atoms with Crippen LogP contribution in [0.4, 0.5) is 11.5 Å². The van der Waals surface area contributed by atoms with E-state index in [4.69, 9.17) is 4.74 Å². The molecule has 1 aromatic heterocycles. The molecule has 2 aromatic rings. The van der Waals surface area contributed by atoms with Crippen LogP contribution in [0, 0.1) is 25.2 Å². The molecule has 108 valence electrons. The Morgan fingerprint density at radius 1 is 1.14 bits per heavy atom. The van der Waals surface area contributed by atoms with Crippen molar-refractivity contribution in [3.05, 3.63) is 41.1 Å². The summed E-state index contributed by atoms with van der Waals surface area (Å²) in [5.41, 5.74) is 2.96. The third-order valence-electron chi connectivity index (χ3n) is 3.06. The number of nitrogens with one attached hydrogen (secondary N) is 1. The van der Waals surface area contributed by atoms with Crippen molar-refractivity contribution in [2.75, 3.05) is 5.32 Å². The third kappa shape index (κ3) is 3.48. The number of benzene rings is 1. The van der Waals surface area contributed by atoms with E-state index in [0.29, 0.717) is 11.4 Å². The lowest BCUT2D eigenvalue weighted by Gasteiger charge is -2.12. The number of nitrogens with zero attached hydrogens (tertiary/aromatic N) is 3. The second kappa shape index (κ2) is 6.23. The topological polar surface area (TPSA) is 70.8 Å². The quantitative estimate of drug-likeness (QED) is 0.929. The molecule has 1 heterocycles. The Balaban J connectivity index is 2.23. The van der Waals surface area contributed by atoms with Gasteiger partial charge in [0.05, 0.1) is 11.8 Å². The average Bonchev–Trinajstić information content (AvgIpc) is 2.45. The summed E-state index contributed by atoms with van der Waals surface area (Å²) >= 11 is 0. The molecule has 0 aliphatic heterocycles. The van der Waals surface area contributed by atoms with Gasteiger partial charge in [0.2, 0.25) is 0 Å². The van der Waals surface area contributed by atoms with Gasteiger partial charge in [0.15, 0.2) is 5.82 Å². The highest BCUT2D eigenvalue weighted by atomic mass is 16.5. The summed E-state index contributed by atoms with van der Waals surface area (Å²) in [5, 5.41) is 20.5. The van der Waals surface area contributed by atoms with E-state index in [9.17, 15) is 5.26 Å². The van der Waals surface area contributed by atoms with Gasteiger partial charge in [0.1, 0.15) is 17.4 Å². The molecule has 0 aliphatic rings. The van der Waals surface area contributed by atoms with E-state index >= 15 is 0 Å². The maximum absolute atomic E-state index is 9.27. The average molecular weight is 282 g/mol. The molecule has 0 spiro atoms. The lowest BCUT2D eigenvalue weighted by atomic mass is 10.1. The van der Waals surface area contributed by atoms with Crippen LogP contribution in [0.25, 0.3) is 0 Å². The predicted octanol–water partition coefficient (Wildman–Crippen LogP) is 3.50. The third-order valence-corrected chi connectivity index (χ3v) is 3.06. The maximum atomic E-state index is 9.27. The van der Waals surface area contributed by atoms with E-state index in [1.807, 2.05) is 52.0 Å². The molecule has 0 atom stereocenters. The van der Waals surface area contributed by atoms with Crippen molar-refractivity contribution < 1.29 is 4.74 Å². The molecule has 0 bridgehead atoms. The highest BCUT2D eigenvalue weighted by molar-refractivity contribution is 5.64. The summed E-state index contributed by atoms with van der Waals surface area (Å²) in [4.78, 5) is 0. The molecule has 21 heavy (non-hydrogen) atoms. The fraction of sp³-hybridized carbons (Fsp3) is 0.312. The van der Waals surface area contributed by atoms with E-state index in [2.05, 4.69) is 21.6 Å². The molecular weight excluding hydrogens is 264 g/mol. The van der Waals surface area contributed by atoms with Gasteiger partial charge in [0, 0.05) is 5.69 Å². The van der Waals surface area contributed by atoms with Crippen molar-refractivity contribution in [2.45, 2.75) is 33.8 Å². The fourth-order valence-corrected chi connectivity index (χ4v) is 1.86. The maximum Gasteiger partial charge on any atom is 0.171 e. The molecule has 0 saturated carbocycles. The second-order valence-corrected chi connectivity index (χ2v) is 5.06. The lowest BCUT2D eigenvalue weighted by molar-refractivity contribution is 0.242. The standard InChI is InChI=1S/C16H18N4O/c1-10(2)21-14-7-5-13(6-8-14)18-16-15(9-17)11(3)12(4)19-20-16/h5-8,10H,1-4H3,(H,18,20). The van der Waals surface area contributed by atoms with Gasteiger partial charge in [-0.1, -0.05) is 0 Å². The van der Waals surface area contributed by atoms with Crippen LogP contribution >= 0.6 is 0 Å². The molecule has 0 saturated heterocycles. The lowest BCUT2D eigenvalue weighted by Crippen LogP contribution is -2.06. The molecule has 1 N–H and O–H groups in total. The predicted molar refractivity (Wildman–Crippen MR) is 81.7 cm³/mol. The molecule has 1 aromatic carbocycles. The van der Waals surface area contributed by atoms with Crippen LogP contribution in [-0.2, 0) is 0 Å². The Hall–Kier alpha value is -2.61. The Kier molecular flexibility index (Phi) is 4.39. The van der Waals surface area contributed by atoms with Gasteiger partial charge in [-0.15, -0.1) is 5.10 Å². The van der Waals surface area contributed by atoms with E-state index in [-0.39, 0.29) is 6.10 Å². The Labute approximate surface area is 124 Å². The van der Waals surface area contributed by atoms with Gasteiger partial charge in [-0.3, -0.25) is 0 Å². The number of nitriles is 1. The SMILES string of the molecule is Cc1nnc(Nc2ccc(OC(C)C)cc2)c(C#N)c1C.